The van der Waals surface area contributed by atoms with Crippen molar-refractivity contribution in [1.29, 1.82) is 5.41 Å². The van der Waals surface area contributed by atoms with Gasteiger partial charge in [0, 0.05) is 16.9 Å². The predicted molar refractivity (Wildman–Crippen MR) is 58.5 cm³/mol. The Kier molecular flexibility index (Phi) is 3.18. The van der Waals surface area contributed by atoms with Crippen LogP contribution in [0.4, 0.5) is 18.9 Å². The first-order valence-electron chi connectivity index (χ1n) is 4.59. The maximum Gasteiger partial charge on any atom is 0.471 e. The molecule has 1 aliphatic rings. The zero-order valence-corrected chi connectivity index (χ0v) is 9.46. The van der Waals surface area contributed by atoms with Crippen molar-refractivity contribution in [3.63, 3.8) is 0 Å². The number of benzene rings is 1. The molecule has 0 atom stereocenters. The molecule has 0 unspecified atom stereocenters. The number of rotatable bonds is 2. The molecule has 0 saturated carbocycles. The lowest BCUT2D eigenvalue weighted by atomic mass is 10.3. The molecule has 2 N–H and O–H groups in total. The monoisotopic (exact) mass is 275 g/mol. The molecule has 9 heteroatoms. The van der Waals surface area contributed by atoms with E-state index >= 15 is 0 Å². The Balaban J connectivity index is 2.33. The number of halogens is 3. The Morgan fingerprint density at radius 1 is 1.22 bits per heavy atom. The Hall–Kier alpha value is -1.74. The number of hydrogen-bond acceptors (Lipinski definition) is 4. The van der Waals surface area contributed by atoms with Gasteiger partial charge < -0.3 is 4.55 Å². The van der Waals surface area contributed by atoms with E-state index in [1.807, 2.05) is 0 Å². The van der Waals surface area contributed by atoms with Gasteiger partial charge in [-0.3, -0.25) is 0 Å². The van der Waals surface area contributed by atoms with Crippen LogP contribution < -0.4 is 0 Å². The van der Waals surface area contributed by atoms with Gasteiger partial charge in [0.25, 0.3) is 0 Å². The van der Waals surface area contributed by atoms with Crippen LogP contribution in [0.15, 0.2) is 39.3 Å². The lowest BCUT2D eigenvalue weighted by Gasteiger charge is -1.99. The van der Waals surface area contributed by atoms with Gasteiger partial charge in [-0.25, -0.2) is 0 Å². The summed E-state index contributed by atoms with van der Waals surface area (Å²) in [6.45, 7) is 0. The molecule has 0 aromatic heterocycles. The van der Waals surface area contributed by atoms with E-state index in [2.05, 4.69) is 10.1 Å². The van der Waals surface area contributed by atoms with E-state index in [9.17, 15) is 13.2 Å². The van der Waals surface area contributed by atoms with Gasteiger partial charge in [-0.1, -0.05) is 9.81 Å². The van der Waals surface area contributed by atoms with E-state index in [0.29, 0.717) is 16.9 Å². The van der Waals surface area contributed by atoms with E-state index in [1.165, 1.54) is 24.3 Å². The van der Waals surface area contributed by atoms with Crippen molar-refractivity contribution in [3.05, 3.63) is 24.3 Å². The van der Waals surface area contributed by atoms with E-state index in [4.69, 9.17) is 9.96 Å². The highest BCUT2D eigenvalue weighted by molar-refractivity contribution is 7.93. The van der Waals surface area contributed by atoms with Crippen molar-refractivity contribution < 1.29 is 22.4 Å². The zero-order valence-electron chi connectivity index (χ0n) is 8.64. The average molecular weight is 275 g/mol. The van der Waals surface area contributed by atoms with Crippen molar-refractivity contribution in [3.8, 4) is 0 Å². The zero-order chi connectivity index (χ0) is 13.3. The normalized spacial score (nSPS) is 15.7. The van der Waals surface area contributed by atoms with Crippen molar-refractivity contribution >= 4 is 29.5 Å². The van der Waals surface area contributed by atoms with Gasteiger partial charge in [0.1, 0.15) is 5.69 Å². The molecule has 1 aromatic carbocycles. The molecule has 0 fully saturated rings. The third-order valence-corrected chi connectivity index (χ3v) is 2.53. The molecule has 94 valence electrons. The molecule has 1 aliphatic heterocycles. The first kappa shape index (κ1) is 12.7. The molecule has 0 aliphatic carbocycles. The third-order valence-electron chi connectivity index (χ3n) is 2.05. The maximum absolute atomic E-state index is 12.4. The summed E-state index contributed by atoms with van der Waals surface area (Å²) in [7, 11) is 0. The predicted octanol–water partition coefficient (Wildman–Crippen LogP) is 3.26. The molecule has 2 rings (SSSR count). The molecule has 18 heavy (non-hydrogen) atoms. The summed E-state index contributed by atoms with van der Waals surface area (Å²) in [5.74, 6) is -1.96. The first-order valence-corrected chi connectivity index (χ1v) is 5.37. The summed E-state index contributed by atoms with van der Waals surface area (Å²) in [6.07, 6.45) is -4.68. The second-order valence-corrected chi connectivity index (χ2v) is 3.91. The molecular weight excluding hydrogens is 269 g/mol. The van der Waals surface area contributed by atoms with Crippen molar-refractivity contribution in [2.24, 2.45) is 10.1 Å². The second-order valence-electron chi connectivity index (χ2n) is 3.25. The Morgan fingerprint density at radius 2 is 1.83 bits per heavy atom. The van der Waals surface area contributed by atoms with Gasteiger partial charge in [-0.05, 0) is 29.3 Å². The second kappa shape index (κ2) is 4.50. The molecule has 1 heterocycles. The summed E-state index contributed by atoms with van der Waals surface area (Å²) in [4.78, 5) is 3.57. The fourth-order valence-corrected chi connectivity index (χ4v) is 1.52. The van der Waals surface area contributed by atoms with Crippen LogP contribution in [-0.2, 0) is 0 Å². The van der Waals surface area contributed by atoms with Gasteiger partial charge in [-0.15, -0.1) is 5.41 Å². The number of nitrogens with zero attached hydrogens (tertiary/aromatic N) is 3. The van der Waals surface area contributed by atoms with E-state index in [0.717, 1.165) is 4.70 Å². The first-order chi connectivity index (χ1) is 8.41. The van der Waals surface area contributed by atoms with Crippen molar-refractivity contribution in [2.75, 3.05) is 0 Å². The van der Waals surface area contributed by atoms with Gasteiger partial charge in [0.05, 0.1) is 0 Å². The van der Waals surface area contributed by atoms with Crippen LogP contribution >= 0.6 is 12.0 Å². The fourth-order valence-electron chi connectivity index (χ4n) is 1.26. The molecule has 0 saturated heterocycles. The number of aliphatic imine (C=N–C) groups is 1. The fraction of sp³-hybridized carbons (Fsp3) is 0.111. The third kappa shape index (κ3) is 2.41. The molecule has 1 aromatic rings. The minimum Gasteiger partial charge on any atom is -0.325 e. The number of azo groups is 2. The Bertz CT molecular complexity index is 550. The highest BCUT2D eigenvalue weighted by Gasteiger charge is 2.45. The lowest BCUT2D eigenvalue weighted by Crippen LogP contribution is -2.19. The highest BCUT2D eigenvalue weighted by atomic mass is 32.2. The number of nitrogens with one attached hydrogen (secondary N) is 1. The molecule has 0 spiro atoms. The van der Waals surface area contributed by atoms with Crippen LogP contribution in [0.3, 0.4) is 0 Å². The average Bonchev–Trinajstić information content (AvgIpc) is 2.71. The van der Waals surface area contributed by atoms with Crippen LogP contribution in [0, 0.1) is 5.41 Å². The summed E-state index contributed by atoms with van der Waals surface area (Å²) >= 11 is 0.514. The minimum absolute atomic E-state index is 0.265. The van der Waals surface area contributed by atoms with Crippen molar-refractivity contribution in [2.45, 2.75) is 11.1 Å². The number of alkyl halides is 3. The Morgan fingerprint density at radius 3 is 2.28 bits per heavy atom. The maximum atomic E-state index is 12.4. The van der Waals surface area contributed by atoms with Crippen LogP contribution in [0.25, 0.3) is 0 Å². The van der Waals surface area contributed by atoms with Crippen molar-refractivity contribution in [1.82, 2.24) is 0 Å². The quantitative estimate of drug-likeness (QED) is 0.642. The van der Waals surface area contributed by atoms with Crippen LogP contribution in [0.5, 0.6) is 0 Å². The van der Waals surface area contributed by atoms with Gasteiger partial charge in [-0.2, -0.15) is 13.2 Å². The van der Waals surface area contributed by atoms with Crippen LogP contribution in [0.2, 0.25) is 0 Å². The summed E-state index contributed by atoms with van der Waals surface area (Å²) in [6, 6.07) is 5.86. The number of hydrogen-bond donors (Lipinski definition) is 2. The molecule has 5 nitrogen and oxygen atoms in total. The lowest BCUT2D eigenvalue weighted by molar-refractivity contribution is -0.381. The van der Waals surface area contributed by atoms with Gasteiger partial charge in [0.2, 0.25) is 0 Å². The highest BCUT2D eigenvalue weighted by Crippen LogP contribution is 2.26. The molecule has 0 bridgehead atoms. The summed E-state index contributed by atoms with van der Waals surface area (Å²) in [5, 5.41) is 10.6. The SMILES string of the molecule is N=C1N=C(C(F)(F)F)N=[N+]1c1ccc(SO)cc1. The van der Waals surface area contributed by atoms with Crippen LogP contribution in [0.1, 0.15) is 0 Å². The summed E-state index contributed by atoms with van der Waals surface area (Å²) in [5.41, 5.74) is 0.265. The molecule has 0 radical (unpaired) electrons. The largest absolute Gasteiger partial charge is 0.471 e. The van der Waals surface area contributed by atoms with Crippen LogP contribution in [-0.4, -0.2) is 27.2 Å². The Labute approximate surface area is 103 Å². The van der Waals surface area contributed by atoms with Gasteiger partial charge in [0.15, 0.2) is 0 Å². The number of amidine groups is 1. The standard InChI is InChI=1S/C9H5F3N4OS/c10-9(11,12)7-14-8(13)16(15-7)5-1-3-6(18-17)4-2-5/h1-4,13H/p+1. The summed E-state index contributed by atoms with van der Waals surface area (Å²) < 4.78 is 46.6. The molecule has 0 amide bonds. The molecular formula is C9H6F3N4OS+. The van der Waals surface area contributed by atoms with E-state index in [-0.39, 0.29) is 5.69 Å². The topological polar surface area (TPSA) is 71.8 Å². The van der Waals surface area contributed by atoms with E-state index < -0.39 is 18.0 Å². The number of guanidine groups is 1. The minimum atomic E-state index is -4.68. The van der Waals surface area contributed by atoms with E-state index in [1.54, 1.807) is 0 Å². The van der Waals surface area contributed by atoms with Gasteiger partial charge >= 0.3 is 18.0 Å². The smallest absolute Gasteiger partial charge is 0.325 e.